The van der Waals surface area contributed by atoms with Gasteiger partial charge in [-0.2, -0.15) is 0 Å². The van der Waals surface area contributed by atoms with Crippen LogP contribution >= 0.6 is 0 Å². The summed E-state index contributed by atoms with van der Waals surface area (Å²) in [6, 6.07) is 0. The molecule has 0 spiro atoms. The molecule has 0 atom stereocenters. The molecule has 1 fully saturated rings. The van der Waals surface area contributed by atoms with Crippen molar-refractivity contribution in [1.29, 1.82) is 0 Å². The third-order valence-corrected chi connectivity index (χ3v) is 2.71. The van der Waals surface area contributed by atoms with Gasteiger partial charge < -0.3 is 5.32 Å². The Balaban J connectivity index is 0.000000791. The third-order valence-electron chi connectivity index (χ3n) is 2.71. The van der Waals surface area contributed by atoms with Crippen LogP contribution in [0.4, 0.5) is 0 Å². The van der Waals surface area contributed by atoms with Gasteiger partial charge in [-0.3, -0.25) is 0 Å². The molecule has 0 aromatic carbocycles. The molecule has 1 nitrogen and oxygen atoms in total. The molecule has 1 N–H and O–H groups in total. The molecule has 1 heteroatoms. The molecule has 0 amide bonds. The summed E-state index contributed by atoms with van der Waals surface area (Å²) in [5.41, 5.74) is 0. The summed E-state index contributed by atoms with van der Waals surface area (Å²) in [5.74, 6) is 1.78. The molecule has 0 radical (unpaired) electrons. The number of hydrogen-bond acceptors (Lipinski definition) is 1. The van der Waals surface area contributed by atoms with Crippen LogP contribution in [0.3, 0.4) is 0 Å². The van der Waals surface area contributed by atoms with Crippen LogP contribution in [0.15, 0.2) is 0 Å². The molecule has 0 saturated heterocycles. The van der Waals surface area contributed by atoms with Crippen LogP contribution in [-0.4, -0.2) is 13.1 Å². The Morgan fingerprint density at radius 2 is 1.64 bits per heavy atom. The molecule has 14 heavy (non-hydrogen) atoms. The SMILES string of the molecule is CC.CC(C)CNCC1CCCCC1. The lowest BCUT2D eigenvalue weighted by Gasteiger charge is -2.22. The molecular formula is C13H29N. The maximum absolute atomic E-state index is 3.55. The highest BCUT2D eigenvalue weighted by atomic mass is 14.9. The zero-order valence-electron chi connectivity index (χ0n) is 10.6. The first-order valence-electron chi connectivity index (χ1n) is 6.49. The van der Waals surface area contributed by atoms with Crippen molar-refractivity contribution in [2.45, 2.75) is 59.8 Å². The van der Waals surface area contributed by atoms with Gasteiger partial charge >= 0.3 is 0 Å². The number of hydrogen-bond donors (Lipinski definition) is 1. The molecule has 86 valence electrons. The van der Waals surface area contributed by atoms with E-state index >= 15 is 0 Å². The quantitative estimate of drug-likeness (QED) is 0.725. The van der Waals surface area contributed by atoms with Gasteiger partial charge in [0.05, 0.1) is 0 Å². The fraction of sp³-hybridized carbons (Fsp3) is 1.00. The smallest absolute Gasteiger partial charge is 0.00204 e. The lowest BCUT2D eigenvalue weighted by atomic mass is 9.89. The summed E-state index contributed by atoms with van der Waals surface area (Å²) < 4.78 is 0. The summed E-state index contributed by atoms with van der Waals surface area (Å²) >= 11 is 0. The fourth-order valence-electron chi connectivity index (χ4n) is 1.97. The first-order valence-corrected chi connectivity index (χ1v) is 6.49. The van der Waals surface area contributed by atoms with Crippen molar-refractivity contribution in [2.24, 2.45) is 11.8 Å². The average molecular weight is 199 g/mol. The van der Waals surface area contributed by atoms with Gasteiger partial charge in [-0.15, -0.1) is 0 Å². The average Bonchev–Trinajstić information content (AvgIpc) is 2.22. The van der Waals surface area contributed by atoms with E-state index in [2.05, 4.69) is 19.2 Å². The van der Waals surface area contributed by atoms with E-state index in [1.807, 2.05) is 13.8 Å². The van der Waals surface area contributed by atoms with E-state index < -0.39 is 0 Å². The highest BCUT2D eigenvalue weighted by Gasteiger charge is 2.12. The van der Waals surface area contributed by atoms with Crippen LogP contribution in [0.1, 0.15) is 59.8 Å². The third kappa shape index (κ3) is 7.37. The van der Waals surface area contributed by atoms with E-state index in [0.717, 1.165) is 11.8 Å². The second kappa shape index (κ2) is 9.51. The van der Waals surface area contributed by atoms with Crippen LogP contribution in [-0.2, 0) is 0 Å². The predicted molar refractivity (Wildman–Crippen MR) is 65.6 cm³/mol. The molecule has 0 aromatic rings. The van der Waals surface area contributed by atoms with Crippen LogP contribution in [0, 0.1) is 11.8 Å². The van der Waals surface area contributed by atoms with E-state index in [9.17, 15) is 0 Å². The zero-order valence-corrected chi connectivity index (χ0v) is 10.6. The first kappa shape index (κ1) is 14.0. The summed E-state index contributed by atoms with van der Waals surface area (Å²) in [7, 11) is 0. The second-order valence-electron chi connectivity index (χ2n) is 4.56. The highest BCUT2D eigenvalue weighted by Crippen LogP contribution is 2.22. The van der Waals surface area contributed by atoms with Crippen molar-refractivity contribution < 1.29 is 0 Å². The molecule has 0 heterocycles. The van der Waals surface area contributed by atoms with E-state index in [1.165, 1.54) is 45.2 Å². The maximum Gasteiger partial charge on any atom is -0.00204 e. The molecule has 1 rings (SSSR count). The zero-order chi connectivity index (χ0) is 10.8. The van der Waals surface area contributed by atoms with Crippen LogP contribution in [0.25, 0.3) is 0 Å². The summed E-state index contributed by atoms with van der Waals surface area (Å²) in [5, 5.41) is 3.55. The minimum Gasteiger partial charge on any atom is -0.316 e. The van der Waals surface area contributed by atoms with E-state index in [1.54, 1.807) is 0 Å². The minimum absolute atomic E-state index is 0.800. The monoisotopic (exact) mass is 199 g/mol. The van der Waals surface area contributed by atoms with Crippen molar-refractivity contribution in [3.05, 3.63) is 0 Å². The van der Waals surface area contributed by atoms with Crippen LogP contribution in [0.5, 0.6) is 0 Å². The summed E-state index contributed by atoms with van der Waals surface area (Å²) in [4.78, 5) is 0. The lowest BCUT2D eigenvalue weighted by Crippen LogP contribution is -2.27. The Kier molecular flexibility index (Phi) is 9.49. The Bertz CT molecular complexity index is 104. The highest BCUT2D eigenvalue weighted by molar-refractivity contribution is 4.68. The van der Waals surface area contributed by atoms with Gasteiger partial charge in [0.1, 0.15) is 0 Å². The maximum atomic E-state index is 3.55. The van der Waals surface area contributed by atoms with E-state index in [0.29, 0.717) is 0 Å². The van der Waals surface area contributed by atoms with Crippen molar-refractivity contribution >= 4 is 0 Å². The lowest BCUT2D eigenvalue weighted by molar-refractivity contribution is 0.337. The van der Waals surface area contributed by atoms with Crippen molar-refractivity contribution in [2.75, 3.05) is 13.1 Å². The van der Waals surface area contributed by atoms with Gasteiger partial charge in [0.2, 0.25) is 0 Å². The largest absolute Gasteiger partial charge is 0.316 e. The van der Waals surface area contributed by atoms with Crippen molar-refractivity contribution in [3.8, 4) is 0 Å². The summed E-state index contributed by atoms with van der Waals surface area (Å²) in [6.45, 7) is 11.0. The first-order chi connectivity index (χ1) is 6.79. The van der Waals surface area contributed by atoms with Gasteiger partial charge in [-0.05, 0) is 37.8 Å². The molecule has 1 saturated carbocycles. The molecule has 0 unspecified atom stereocenters. The second-order valence-corrected chi connectivity index (χ2v) is 4.56. The van der Waals surface area contributed by atoms with Crippen LogP contribution in [0.2, 0.25) is 0 Å². The van der Waals surface area contributed by atoms with Gasteiger partial charge in [-0.25, -0.2) is 0 Å². The van der Waals surface area contributed by atoms with E-state index in [4.69, 9.17) is 0 Å². The standard InChI is InChI=1S/C11H23N.C2H6/c1-10(2)8-12-9-11-6-4-3-5-7-11;1-2/h10-12H,3-9H2,1-2H3;1-2H3. The molecular weight excluding hydrogens is 170 g/mol. The van der Waals surface area contributed by atoms with Gasteiger partial charge in [0.25, 0.3) is 0 Å². The van der Waals surface area contributed by atoms with Crippen LogP contribution < -0.4 is 5.32 Å². The van der Waals surface area contributed by atoms with Gasteiger partial charge in [-0.1, -0.05) is 47.0 Å². The molecule has 0 aromatic heterocycles. The Morgan fingerprint density at radius 1 is 1.07 bits per heavy atom. The normalized spacial score (nSPS) is 17.8. The van der Waals surface area contributed by atoms with Gasteiger partial charge in [0.15, 0.2) is 0 Å². The number of rotatable bonds is 4. The predicted octanol–water partition coefficient (Wildman–Crippen LogP) is 3.84. The Hall–Kier alpha value is -0.0400. The van der Waals surface area contributed by atoms with E-state index in [-0.39, 0.29) is 0 Å². The van der Waals surface area contributed by atoms with Crippen molar-refractivity contribution in [1.82, 2.24) is 5.32 Å². The van der Waals surface area contributed by atoms with Gasteiger partial charge in [0, 0.05) is 0 Å². The topological polar surface area (TPSA) is 12.0 Å². The minimum atomic E-state index is 0.800. The Morgan fingerprint density at radius 3 is 2.14 bits per heavy atom. The summed E-state index contributed by atoms with van der Waals surface area (Å²) in [6.07, 6.45) is 7.33. The molecule has 0 bridgehead atoms. The Labute approximate surface area is 90.7 Å². The fourth-order valence-corrected chi connectivity index (χ4v) is 1.97. The molecule has 1 aliphatic carbocycles. The van der Waals surface area contributed by atoms with Crippen molar-refractivity contribution in [3.63, 3.8) is 0 Å². The molecule has 0 aliphatic heterocycles. The number of nitrogens with one attached hydrogen (secondary N) is 1. The molecule has 1 aliphatic rings.